The third-order valence-corrected chi connectivity index (χ3v) is 6.62. The van der Waals surface area contributed by atoms with Gasteiger partial charge in [0.05, 0.1) is 24.7 Å². The summed E-state index contributed by atoms with van der Waals surface area (Å²) in [7, 11) is 0. The lowest BCUT2D eigenvalue weighted by Gasteiger charge is -2.31. The van der Waals surface area contributed by atoms with Crippen LogP contribution in [0.5, 0.6) is 11.5 Å². The monoisotopic (exact) mass is 434 g/mol. The SMILES string of the molecule is O=C(Cc1cc(Cl)c2c(c1)OCCCO2)NCC1CCN(Cc2cccs2)CC1. The first-order valence-electron chi connectivity index (χ1n) is 10.3. The fourth-order valence-corrected chi connectivity index (χ4v) is 4.90. The van der Waals surface area contributed by atoms with Crippen LogP contribution in [0, 0.1) is 5.92 Å². The van der Waals surface area contributed by atoms with E-state index in [-0.39, 0.29) is 5.91 Å². The number of thiophene rings is 1. The van der Waals surface area contributed by atoms with Crippen LogP contribution in [-0.2, 0) is 17.8 Å². The van der Waals surface area contributed by atoms with Gasteiger partial charge in [-0.1, -0.05) is 17.7 Å². The van der Waals surface area contributed by atoms with Crippen molar-refractivity contribution < 1.29 is 14.3 Å². The molecule has 1 amide bonds. The molecule has 1 fully saturated rings. The highest BCUT2D eigenvalue weighted by molar-refractivity contribution is 7.09. The first-order valence-corrected chi connectivity index (χ1v) is 11.5. The van der Waals surface area contributed by atoms with Gasteiger partial charge in [-0.2, -0.15) is 0 Å². The maximum atomic E-state index is 12.4. The number of carbonyl (C=O) groups is 1. The summed E-state index contributed by atoms with van der Waals surface area (Å²) in [6.45, 7) is 5.17. The lowest BCUT2D eigenvalue weighted by molar-refractivity contribution is -0.120. The van der Waals surface area contributed by atoms with E-state index < -0.39 is 0 Å². The molecule has 0 bridgehead atoms. The molecule has 0 atom stereocenters. The number of nitrogens with one attached hydrogen (secondary N) is 1. The Morgan fingerprint density at radius 2 is 2.07 bits per heavy atom. The van der Waals surface area contributed by atoms with Crippen LogP contribution in [0.25, 0.3) is 0 Å². The Morgan fingerprint density at radius 1 is 1.24 bits per heavy atom. The maximum absolute atomic E-state index is 12.4. The molecule has 29 heavy (non-hydrogen) atoms. The number of benzene rings is 1. The Bertz CT molecular complexity index is 820. The number of hydrogen-bond donors (Lipinski definition) is 1. The predicted octanol–water partition coefficient (Wildman–Crippen LogP) is 4.13. The number of nitrogens with zero attached hydrogens (tertiary/aromatic N) is 1. The number of rotatable bonds is 6. The first-order chi connectivity index (χ1) is 14.2. The number of likely N-dealkylation sites (tertiary alicyclic amines) is 1. The lowest BCUT2D eigenvalue weighted by Crippen LogP contribution is -2.38. The van der Waals surface area contributed by atoms with Crippen LogP contribution in [-0.4, -0.2) is 43.7 Å². The Labute approximate surface area is 180 Å². The number of ether oxygens (including phenoxy) is 2. The van der Waals surface area contributed by atoms with Crippen LogP contribution in [0.2, 0.25) is 5.02 Å². The van der Waals surface area contributed by atoms with E-state index in [1.165, 1.54) is 4.88 Å². The second-order valence-electron chi connectivity index (χ2n) is 7.74. The minimum absolute atomic E-state index is 0.0246. The van der Waals surface area contributed by atoms with Gasteiger partial charge in [0.1, 0.15) is 0 Å². The van der Waals surface area contributed by atoms with Gasteiger partial charge in [0.25, 0.3) is 0 Å². The topological polar surface area (TPSA) is 50.8 Å². The number of piperidine rings is 1. The molecule has 0 aliphatic carbocycles. The van der Waals surface area contributed by atoms with E-state index in [9.17, 15) is 4.79 Å². The zero-order valence-electron chi connectivity index (χ0n) is 16.5. The maximum Gasteiger partial charge on any atom is 0.224 e. The number of hydrogen-bond acceptors (Lipinski definition) is 5. The van der Waals surface area contributed by atoms with Crippen LogP contribution in [0.3, 0.4) is 0 Å². The molecule has 1 aromatic carbocycles. The van der Waals surface area contributed by atoms with E-state index in [0.717, 1.165) is 51.0 Å². The van der Waals surface area contributed by atoms with Crippen LogP contribution < -0.4 is 14.8 Å². The molecule has 3 heterocycles. The molecular weight excluding hydrogens is 408 g/mol. The van der Waals surface area contributed by atoms with Gasteiger partial charge in [0.15, 0.2) is 11.5 Å². The third-order valence-electron chi connectivity index (χ3n) is 5.48. The summed E-state index contributed by atoms with van der Waals surface area (Å²) in [5, 5.41) is 5.74. The second-order valence-corrected chi connectivity index (χ2v) is 9.17. The summed E-state index contributed by atoms with van der Waals surface area (Å²) < 4.78 is 11.4. The zero-order chi connectivity index (χ0) is 20.1. The molecule has 156 valence electrons. The Morgan fingerprint density at radius 3 is 2.86 bits per heavy atom. The van der Waals surface area contributed by atoms with E-state index in [4.69, 9.17) is 21.1 Å². The Balaban J connectivity index is 1.22. The van der Waals surface area contributed by atoms with Crippen LogP contribution in [0.15, 0.2) is 29.6 Å². The number of halogens is 1. The van der Waals surface area contributed by atoms with Crippen molar-refractivity contribution in [1.29, 1.82) is 0 Å². The van der Waals surface area contributed by atoms with Gasteiger partial charge in [-0.15, -0.1) is 11.3 Å². The van der Waals surface area contributed by atoms with Gasteiger partial charge in [-0.05, 0) is 61.0 Å². The molecule has 5 nitrogen and oxygen atoms in total. The summed E-state index contributed by atoms with van der Waals surface area (Å²) in [6.07, 6.45) is 3.38. The van der Waals surface area contributed by atoms with Gasteiger partial charge >= 0.3 is 0 Å². The van der Waals surface area contributed by atoms with Gasteiger partial charge in [-0.25, -0.2) is 0 Å². The zero-order valence-corrected chi connectivity index (χ0v) is 18.1. The van der Waals surface area contributed by atoms with Crippen molar-refractivity contribution in [3.8, 4) is 11.5 Å². The van der Waals surface area contributed by atoms with Gasteiger partial charge in [0, 0.05) is 24.4 Å². The van der Waals surface area contributed by atoms with Gasteiger partial charge < -0.3 is 14.8 Å². The minimum atomic E-state index is 0.0246. The van der Waals surface area contributed by atoms with Crippen molar-refractivity contribution in [1.82, 2.24) is 10.2 Å². The fourth-order valence-electron chi connectivity index (χ4n) is 3.86. The quantitative estimate of drug-likeness (QED) is 0.742. The molecule has 1 aromatic heterocycles. The number of amides is 1. The van der Waals surface area contributed by atoms with Crippen molar-refractivity contribution in [3.63, 3.8) is 0 Å². The lowest BCUT2D eigenvalue weighted by atomic mass is 9.96. The summed E-state index contributed by atoms with van der Waals surface area (Å²) in [6, 6.07) is 7.98. The molecule has 1 N–H and O–H groups in total. The molecule has 2 aliphatic rings. The number of fused-ring (bicyclic) bond motifs is 1. The van der Waals surface area contributed by atoms with Crippen molar-refractivity contribution in [2.45, 2.75) is 32.2 Å². The smallest absolute Gasteiger partial charge is 0.224 e. The largest absolute Gasteiger partial charge is 0.489 e. The van der Waals surface area contributed by atoms with E-state index in [1.54, 1.807) is 6.07 Å². The van der Waals surface area contributed by atoms with Crippen LogP contribution in [0.4, 0.5) is 0 Å². The highest BCUT2D eigenvalue weighted by Gasteiger charge is 2.21. The van der Waals surface area contributed by atoms with Crippen LogP contribution >= 0.6 is 22.9 Å². The third kappa shape index (κ3) is 5.65. The molecule has 4 rings (SSSR count). The molecule has 0 unspecified atom stereocenters. The molecule has 0 radical (unpaired) electrons. The molecule has 1 saturated heterocycles. The average molecular weight is 435 g/mol. The summed E-state index contributed by atoms with van der Waals surface area (Å²) in [5.41, 5.74) is 0.850. The van der Waals surface area contributed by atoms with Gasteiger partial charge in [0.2, 0.25) is 5.91 Å². The standard InChI is InChI=1S/C22H27ClN2O3S/c23-19-11-17(12-20-22(19)28-9-2-8-27-20)13-21(26)24-14-16-4-6-25(7-5-16)15-18-3-1-10-29-18/h1,3,10-12,16H,2,4-9,13-15H2,(H,24,26). The van der Waals surface area contributed by atoms with Gasteiger partial charge in [-0.3, -0.25) is 9.69 Å². The fraction of sp³-hybridized carbons (Fsp3) is 0.500. The van der Waals surface area contributed by atoms with E-state index in [0.29, 0.717) is 42.1 Å². The van der Waals surface area contributed by atoms with E-state index >= 15 is 0 Å². The predicted molar refractivity (Wildman–Crippen MR) is 116 cm³/mol. The van der Waals surface area contributed by atoms with Crippen molar-refractivity contribution in [2.75, 3.05) is 32.8 Å². The Kier molecular flexibility index (Phi) is 6.95. The summed E-state index contributed by atoms with van der Waals surface area (Å²) in [4.78, 5) is 16.4. The van der Waals surface area contributed by atoms with Crippen molar-refractivity contribution >= 4 is 28.8 Å². The highest BCUT2D eigenvalue weighted by atomic mass is 35.5. The number of carbonyl (C=O) groups excluding carboxylic acids is 1. The van der Waals surface area contributed by atoms with E-state index in [1.807, 2.05) is 17.4 Å². The highest BCUT2D eigenvalue weighted by Crippen LogP contribution is 2.38. The normalized spacial score (nSPS) is 17.7. The molecule has 2 aromatic rings. The molecular formula is C22H27ClN2O3S. The van der Waals surface area contributed by atoms with Crippen LogP contribution in [0.1, 0.15) is 29.7 Å². The first kappa shape index (κ1) is 20.5. The molecule has 0 spiro atoms. The molecule has 7 heteroatoms. The summed E-state index contributed by atoms with van der Waals surface area (Å²) in [5.74, 6) is 1.79. The van der Waals surface area contributed by atoms with Crippen molar-refractivity contribution in [2.24, 2.45) is 5.92 Å². The Hall–Kier alpha value is -1.76. The summed E-state index contributed by atoms with van der Waals surface area (Å²) >= 11 is 8.14. The molecule has 0 saturated carbocycles. The minimum Gasteiger partial charge on any atom is -0.489 e. The molecule has 2 aliphatic heterocycles. The van der Waals surface area contributed by atoms with Crippen molar-refractivity contribution in [3.05, 3.63) is 45.1 Å². The van der Waals surface area contributed by atoms with E-state index in [2.05, 4.69) is 27.7 Å². The average Bonchev–Trinajstić information content (AvgIpc) is 3.10. The second kappa shape index (κ2) is 9.83.